The van der Waals surface area contributed by atoms with Crippen molar-refractivity contribution < 1.29 is 0 Å². The van der Waals surface area contributed by atoms with Gasteiger partial charge in [0, 0.05) is 34.4 Å². The van der Waals surface area contributed by atoms with Crippen molar-refractivity contribution in [2.24, 2.45) is 5.92 Å². The van der Waals surface area contributed by atoms with Crippen molar-refractivity contribution >= 4 is 28.2 Å². The standard InChI is InChI=1S/C30H30ClN3/c1-22-14-17-33(18-15-22)21-26-19-23(2)29-20-24(7-13-30(29)32-26)6-10-27-5-3-4-16-34(27)28-11-8-25(31)9-12-28/h3-5,7-9,11-13,16,19-20,22,27H,14-15,17-18,21H2,1-2H3. The molecular formula is C30H30ClN3. The summed E-state index contributed by atoms with van der Waals surface area (Å²) in [5.41, 5.74) is 5.55. The highest BCUT2D eigenvalue weighted by Gasteiger charge is 2.17. The lowest BCUT2D eigenvalue weighted by molar-refractivity contribution is 0.183. The monoisotopic (exact) mass is 467 g/mol. The van der Waals surface area contributed by atoms with Gasteiger partial charge < -0.3 is 4.90 Å². The number of aryl methyl sites for hydroxylation is 1. The van der Waals surface area contributed by atoms with Crippen molar-refractivity contribution in [2.45, 2.75) is 39.3 Å². The Balaban J connectivity index is 1.35. The largest absolute Gasteiger partial charge is 0.330 e. The van der Waals surface area contributed by atoms with Crippen LogP contribution in [0, 0.1) is 24.7 Å². The van der Waals surface area contributed by atoms with Crippen molar-refractivity contribution in [3.05, 3.63) is 94.8 Å². The second-order valence-electron chi connectivity index (χ2n) is 9.45. The minimum Gasteiger partial charge on any atom is -0.330 e. The summed E-state index contributed by atoms with van der Waals surface area (Å²) in [6.45, 7) is 7.82. The number of pyridine rings is 1. The van der Waals surface area contributed by atoms with Gasteiger partial charge in [0.15, 0.2) is 0 Å². The Morgan fingerprint density at radius 1 is 1.03 bits per heavy atom. The zero-order valence-corrected chi connectivity index (χ0v) is 20.6. The van der Waals surface area contributed by atoms with Crippen molar-refractivity contribution in [3.8, 4) is 11.8 Å². The van der Waals surface area contributed by atoms with Crippen LogP contribution in [0.3, 0.4) is 0 Å². The molecule has 1 saturated heterocycles. The first-order valence-corrected chi connectivity index (χ1v) is 12.5. The predicted octanol–water partition coefficient (Wildman–Crippen LogP) is 6.74. The Morgan fingerprint density at radius 3 is 2.62 bits per heavy atom. The fourth-order valence-electron chi connectivity index (χ4n) is 4.70. The lowest BCUT2D eigenvalue weighted by atomic mass is 9.99. The van der Waals surface area contributed by atoms with Crippen molar-refractivity contribution in [2.75, 3.05) is 18.0 Å². The van der Waals surface area contributed by atoms with E-state index >= 15 is 0 Å². The molecule has 0 aliphatic carbocycles. The number of hydrogen-bond acceptors (Lipinski definition) is 3. The summed E-state index contributed by atoms with van der Waals surface area (Å²) in [4.78, 5) is 9.66. The summed E-state index contributed by atoms with van der Waals surface area (Å²) in [5.74, 6) is 7.67. The topological polar surface area (TPSA) is 19.4 Å². The van der Waals surface area contributed by atoms with E-state index in [4.69, 9.17) is 16.6 Å². The highest BCUT2D eigenvalue weighted by molar-refractivity contribution is 6.30. The van der Waals surface area contributed by atoms with E-state index in [-0.39, 0.29) is 6.04 Å². The number of hydrogen-bond donors (Lipinski definition) is 0. The number of piperidine rings is 1. The summed E-state index contributed by atoms with van der Waals surface area (Å²) in [5, 5.41) is 1.91. The number of likely N-dealkylation sites (tertiary alicyclic amines) is 1. The average molecular weight is 468 g/mol. The first kappa shape index (κ1) is 22.7. The maximum Gasteiger partial charge on any atom is 0.114 e. The summed E-state index contributed by atoms with van der Waals surface area (Å²) < 4.78 is 0. The molecule has 172 valence electrons. The predicted molar refractivity (Wildman–Crippen MR) is 143 cm³/mol. The van der Waals surface area contributed by atoms with Gasteiger partial charge in [0.1, 0.15) is 6.04 Å². The molecule has 0 spiro atoms. The molecule has 1 unspecified atom stereocenters. The maximum absolute atomic E-state index is 6.07. The zero-order chi connectivity index (χ0) is 23.5. The van der Waals surface area contributed by atoms with Gasteiger partial charge in [-0.05, 0) is 105 Å². The van der Waals surface area contributed by atoms with Gasteiger partial charge in [-0.3, -0.25) is 9.88 Å². The normalized spacial score (nSPS) is 18.8. The molecule has 0 N–H and O–H groups in total. The summed E-state index contributed by atoms with van der Waals surface area (Å²) in [6.07, 6.45) is 10.8. The summed E-state index contributed by atoms with van der Waals surface area (Å²) >= 11 is 6.07. The average Bonchev–Trinajstić information content (AvgIpc) is 2.85. The minimum absolute atomic E-state index is 0.0317. The molecule has 34 heavy (non-hydrogen) atoms. The second-order valence-corrected chi connectivity index (χ2v) is 9.88. The highest BCUT2D eigenvalue weighted by atomic mass is 35.5. The lowest BCUT2D eigenvalue weighted by Crippen LogP contribution is -2.32. The van der Waals surface area contributed by atoms with Crippen LogP contribution in [0.25, 0.3) is 10.9 Å². The lowest BCUT2D eigenvalue weighted by Gasteiger charge is -2.29. The Hall–Kier alpha value is -3.06. The third-order valence-corrected chi connectivity index (χ3v) is 7.02. The molecule has 0 amide bonds. The van der Waals surface area contributed by atoms with Gasteiger partial charge in [-0.2, -0.15) is 0 Å². The molecule has 0 saturated carbocycles. The van der Waals surface area contributed by atoms with E-state index in [0.717, 1.165) is 39.9 Å². The molecule has 0 radical (unpaired) electrons. The van der Waals surface area contributed by atoms with E-state index in [1.54, 1.807) is 0 Å². The van der Waals surface area contributed by atoms with Crippen molar-refractivity contribution in [3.63, 3.8) is 0 Å². The SMILES string of the molecule is Cc1cc(CN2CCC(C)CC2)nc2ccc(C#CC3C=CC=CN3c3ccc(Cl)cc3)cc12. The van der Waals surface area contributed by atoms with Gasteiger partial charge in [-0.15, -0.1) is 0 Å². The molecule has 0 bridgehead atoms. The van der Waals surface area contributed by atoms with Gasteiger partial charge >= 0.3 is 0 Å². The van der Waals surface area contributed by atoms with Crippen molar-refractivity contribution in [1.82, 2.24) is 9.88 Å². The smallest absolute Gasteiger partial charge is 0.114 e. The molecule has 1 atom stereocenters. The number of nitrogens with zero attached hydrogens (tertiary/aromatic N) is 3. The van der Waals surface area contributed by atoms with E-state index < -0.39 is 0 Å². The van der Waals surface area contributed by atoms with E-state index in [9.17, 15) is 0 Å². The van der Waals surface area contributed by atoms with Crippen LogP contribution >= 0.6 is 11.6 Å². The molecule has 1 fully saturated rings. The van der Waals surface area contributed by atoms with Gasteiger partial charge in [0.05, 0.1) is 11.2 Å². The number of rotatable bonds is 3. The molecule has 4 heteroatoms. The first-order valence-electron chi connectivity index (χ1n) is 12.1. The van der Waals surface area contributed by atoms with Crippen LogP contribution in [0.15, 0.2) is 73.0 Å². The van der Waals surface area contributed by atoms with Gasteiger partial charge in [0.25, 0.3) is 0 Å². The second kappa shape index (κ2) is 10.1. The van der Waals surface area contributed by atoms with Gasteiger partial charge in [0.2, 0.25) is 0 Å². The molecule has 3 aromatic rings. The molecular weight excluding hydrogens is 438 g/mol. The zero-order valence-electron chi connectivity index (χ0n) is 19.8. The van der Waals surface area contributed by atoms with Crippen LogP contribution in [0.5, 0.6) is 0 Å². The molecule has 3 heterocycles. The fourth-order valence-corrected chi connectivity index (χ4v) is 4.83. The quantitative estimate of drug-likeness (QED) is 0.397. The first-order chi connectivity index (χ1) is 16.5. The number of halogens is 1. The third kappa shape index (κ3) is 5.20. The number of aromatic nitrogens is 1. The van der Waals surface area contributed by atoms with Gasteiger partial charge in [-0.25, -0.2) is 0 Å². The Bertz CT molecular complexity index is 1290. The Labute approximate surface area is 207 Å². The molecule has 5 rings (SSSR count). The van der Waals surface area contributed by atoms with E-state index in [1.165, 1.54) is 36.9 Å². The van der Waals surface area contributed by atoms with Crippen LogP contribution in [0.2, 0.25) is 5.02 Å². The van der Waals surface area contributed by atoms with Crippen LogP contribution in [-0.2, 0) is 6.54 Å². The van der Waals surface area contributed by atoms with Crippen LogP contribution in [0.1, 0.15) is 36.6 Å². The van der Waals surface area contributed by atoms with E-state index in [1.807, 2.05) is 36.4 Å². The molecule has 2 aromatic carbocycles. The summed E-state index contributed by atoms with van der Waals surface area (Å²) in [6, 6.07) is 16.4. The van der Waals surface area contributed by atoms with Crippen LogP contribution in [0.4, 0.5) is 5.69 Å². The number of allylic oxidation sites excluding steroid dienone is 2. The van der Waals surface area contributed by atoms with Crippen molar-refractivity contribution in [1.29, 1.82) is 0 Å². The van der Waals surface area contributed by atoms with E-state index in [0.29, 0.717) is 0 Å². The number of fused-ring (bicyclic) bond motifs is 1. The Kier molecular flexibility index (Phi) is 6.72. The van der Waals surface area contributed by atoms with Crippen LogP contribution < -0.4 is 4.90 Å². The third-order valence-electron chi connectivity index (χ3n) is 6.77. The Morgan fingerprint density at radius 2 is 1.82 bits per heavy atom. The highest BCUT2D eigenvalue weighted by Crippen LogP contribution is 2.24. The van der Waals surface area contributed by atoms with Gasteiger partial charge in [-0.1, -0.05) is 36.4 Å². The van der Waals surface area contributed by atoms with E-state index in [2.05, 4.69) is 72.0 Å². The number of benzene rings is 2. The molecule has 3 nitrogen and oxygen atoms in total. The molecule has 2 aliphatic heterocycles. The van der Waals surface area contributed by atoms with Crippen LogP contribution in [-0.4, -0.2) is 29.0 Å². The number of anilines is 1. The minimum atomic E-state index is -0.0317. The molecule has 2 aliphatic rings. The molecule has 1 aromatic heterocycles. The fraction of sp³-hybridized carbons (Fsp3) is 0.300. The summed E-state index contributed by atoms with van der Waals surface area (Å²) in [7, 11) is 0. The maximum atomic E-state index is 6.07.